The van der Waals surface area contributed by atoms with Crippen LogP contribution in [0, 0.1) is 11.5 Å². The van der Waals surface area contributed by atoms with E-state index in [0.29, 0.717) is 5.56 Å². The molecule has 2 nitrogen and oxygen atoms in total. The number of carboxylic acid groups (broad SMARTS) is 1. The zero-order valence-corrected chi connectivity index (χ0v) is 12.3. The highest BCUT2D eigenvalue weighted by molar-refractivity contribution is 6.83. The Hall–Kier alpha value is -2.05. The number of hydrogen-bond donors (Lipinski definition) is 1. The highest BCUT2D eigenvalue weighted by atomic mass is 28.3. The summed E-state index contributed by atoms with van der Waals surface area (Å²) in [5.74, 6) is 2.29. The van der Waals surface area contributed by atoms with Crippen molar-refractivity contribution in [3.63, 3.8) is 0 Å². The number of fused-ring (bicyclic) bond motifs is 1. The summed E-state index contributed by atoms with van der Waals surface area (Å²) < 4.78 is 0. The molecule has 0 heterocycles. The van der Waals surface area contributed by atoms with Gasteiger partial charge in [-0.1, -0.05) is 43.8 Å². The molecule has 3 heteroatoms. The van der Waals surface area contributed by atoms with Crippen molar-refractivity contribution in [2.24, 2.45) is 0 Å². The molecule has 0 aliphatic carbocycles. The fourth-order valence-electron chi connectivity index (χ4n) is 1.81. The van der Waals surface area contributed by atoms with Gasteiger partial charge in [-0.15, -0.1) is 5.54 Å². The summed E-state index contributed by atoms with van der Waals surface area (Å²) in [6, 6.07) is 11.0. The number of rotatable bonds is 1. The Kier molecular flexibility index (Phi) is 3.46. The highest BCUT2D eigenvalue weighted by Crippen LogP contribution is 2.20. The van der Waals surface area contributed by atoms with Crippen LogP contribution in [0.5, 0.6) is 0 Å². The van der Waals surface area contributed by atoms with Gasteiger partial charge >= 0.3 is 5.97 Å². The van der Waals surface area contributed by atoms with E-state index in [1.807, 2.05) is 24.3 Å². The summed E-state index contributed by atoms with van der Waals surface area (Å²) in [5.41, 5.74) is 4.59. The average molecular weight is 268 g/mol. The van der Waals surface area contributed by atoms with E-state index in [1.165, 1.54) is 0 Å². The van der Waals surface area contributed by atoms with Gasteiger partial charge in [0.15, 0.2) is 0 Å². The van der Waals surface area contributed by atoms with E-state index in [4.69, 9.17) is 5.11 Å². The maximum atomic E-state index is 11.1. The zero-order valence-electron chi connectivity index (χ0n) is 11.3. The quantitative estimate of drug-likeness (QED) is 0.631. The van der Waals surface area contributed by atoms with E-state index in [9.17, 15) is 4.79 Å². The molecular weight excluding hydrogens is 252 g/mol. The molecule has 0 aliphatic rings. The summed E-state index contributed by atoms with van der Waals surface area (Å²) >= 11 is 0. The first kappa shape index (κ1) is 13.4. The van der Waals surface area contributed by atoms with Crippen LogP contribution in [0.1, 0.15) is 15.9 Å². The molecule has 0 saturated heterocycles. The van der Waals surface area contributed by atoms with Crippen molar-refractivity contribution in [3.05, 3.63) is 47.5 Å². The first-order valence-electron chi connectivity index (χ1n) is 6.16. The third kappa shape index (κ3) is 3.24. The number of benzene rings is 2. The van der Waals surface area contributed by atoms with Crippen molar-refractivity contribution in [1.82, 2.24) is 0 Å². The van der Waals surface area contributed by atoms with Crippen LogP contribution >= 0.6 is 0 Å². The van der Waals surface area contributed by atoms with Crippen LogP contribution in [0.4, 0.5) is 0 Å². The fourth-order valence-corrected chi connectivity index (χ4v) is 2.33. The van der Waals surface area contributed by atoms with E-state index in [2.05, 4.69) is 31.1 Å². The monoisotopic (exact) mass is 268 g/mol. The second-order valence-corrected chi connectivity index (χ2v) is 10.3. The van der Waals surface area contributed by atoms with Gasteiger partial charge in [-0.25, -0.2) is 4.79 Å². The Morgan fingerprint density at radius 2 is 1.89 bits per heavy atom. The Labute approximate surface area is 114 Å². The van der Waals surface area contributed by atoms with Gasteiger partial charge in [-0.2, -0.15) is 0 Å². The molecule has 0 bridgehead atoms. The van der Waals surface area contributed by atoms with Gasteiger partial charge in [-0.3, -0.25) is 0 Å². The largest absolute Gasteiger partial charge is 0.478 e. The zero-order chi connectivity index (χ0) is 14.0. The van der Waals surface area contributed by atoms with Crippen LogP contribution < -0.4 is 0 Å². The number of carbonyl (C=O) groups is 1. The van der Waals surface area contributed by atoms with Gasteiger partial charge in [0.25, 0.3) is 0 Å². The number of carboxylic acids is 1. The van der Waals surface area contributed by atoms with Gasteiger partial charge in [0.1, 0.15) is 8.07 Å². The van der Waals surface area contributed by atoms with Gasteiger partial charge in [0.2, 0.25) is 0 Å². The average Bonchev–Trinajstić information content (AvgIpc) is 2.34. The Morgan fingerprint density at radius 3 is 2.53 bits per heavy atom. The van der Waals surface area contributed by atoms with Crippen molar-refractivity contribution in [2.45, 2.75) is 19.6 Å². The molecule has 0 aromatic heterocycles. The van der Waals surface area contributed by atoms with Crippen molar-refractivity contribution in [2.75, 3.05) is 0 Å². The molecule has 0 unspecified atom stereocenters. The second kappa shape index (κ2) is 4.91. The lowest BCUT2D eigenvalue weighted by Crippen LogP contribution is -2.16. The summed E-state index contributed by atoms with van der Waals surface area (Å²) in [4.78, 5) is 11.1. The first-order chi connectivity index (χ1) is 8.87. The highest BCUT2D eigenvalue weighted by Gasteiger charge is 2.09. The van der Waals surface area contributed by atoms with Crippen LogP contribution in [0.2, 0.25) is 19.6 Å². The SMILES string of the molecule is C[Si](C)(C)C#Cc1ccc2c(C(=O)O)cccc2c1. The lowest BCUT2D eigenvalue weighted by atomic mass is 10.0. The van der Waals surface area contributed by atoms with Gasteiger partial charge in [0, 0.05) is 5.56 Å². The molecule has 0 saturated carbocycles. The minimum Gasteiger partial charge on any atom is -0.478 e. The van der Waals surface area contributed by atoms with Gasteiger partial charge in [0.05, 0.1) is 5.56 Å². The first-order valence-corrected chi connectivity index (χ1v) is 9.66. The van der Waals surface area contributed by atoms with Crippen LogP contribution in [-0.4, -0.2) is 19.1 Å². The molecule has 2 aromatic carbocycles. The van der Waals surface area contributed by atoms with Crippen molar-refractivity contribution < 1.29 is 9.90 Å². The number of aromatic carboxylic acids is 1. The molecule has 19 heavy (non-hydrogen) atoms. The van der Waals surface area contributed by atoms with Crippen LogP contribution in [-0.2, 0) is 0 Å². The van der Waals surface area contributed by atoms with Crippen LogP contribution in [0.15, 0.2) is 36.4 Å². The molecule has 2 aromatic rings. The fraction of sp³-hybridized carbons (Fsp3) is 0.188. The number of hydrogen-bond acceptors (Lipinski definition) is 1. The van der Waals surface area contributed by atoms with Gasteiger partial charge < -0.3 is 5.11 Å². The Morgan fingerprint density at radius 1 is 1.16 bits per heavy atom. The maximum Gasteiger partial charge on any atom is 0.336 e. The minimum absolute atomic E-state index is 0.335. The standard InChI is InChI=1S/C16H16O2Si/c1-19(2,3)10-9-12-7-8-14-13(11-12)5-4-6-15(14)16(17)18/h4-8,11H,1-3H3,(H,17,18). The molecule has 0 aliphatic heterocycles. The molecule has 0 amide bonds. The van der Waals surface area contributed by atoms with Crippen molar-refractivity contribution >= 4 is 24.8 Å². The van der Waals surface area contributed by atoms with Crippen molar-refractivity contribution in [1.29, 1.82) is 0 Å². The molecule has 1 N–H and O–H groups in total. The summed E-state index contributed by atoms with van der Waals surface area (Å²) in [6.45, 7) is 6.59. The maximum absolute atomic E-state index is 11.1. The van der Waals surface area contributed by atoms with E-state index in [0.717, 1.165) is 16.3 Å². The molecule has 0 fully saturated rings. The predicted molar refractivity (Wildman–Crippen MR) is 81.1 cm³/mol. The molecule has 0 radical (unpaired) electrons. The molecule has 96 valence electrons. The lowest BCUT2D eigenvalue weighted by Gasteiger charge is -2.05. The summed E-state index contributed by atoms with van der Waals surface area (Å²) in [5, 5.41) is 10.8. The van der Waals surface area contributed by atoms with E-state index in [1.54, 1.807) is 12.1 Å². The van der Waals surface area contributed by atoms with Gasteiger partial charge in [-0.05, 0) is 29.0 Å². The molecular formula is C16H16O2Si. The van der Waals surface area contributed by atoms with Crippen LogP contribution in [0.3, 0.4) is 0 Å². The summed E-state index contributed by atoms with van der Waals surface area (Å²) in [7, 11) is -1.39. The molecule has 0 spiro atoms. The van der Waals surface area contributed by atoms with E-state index < -0.39 is 14.0 Å². The normalized spacial score (nSPS) is 10.9. The van der Waals surface area contributed by atoms with Crippen molar-refractivity contribution in [3.8, 4) is 11.5 Å². The van der Waals surface area contributed by atoms with E-state index in [-0.39, 0.29) is 0 Å². The summed E-state index contributed by atoms with van der Waals surface area (Å²) in [6.07, 6.45) is 0. The predicted octanol–water partition coefficient (Wildman–Crippen LogP) is 3.77. The topological polar surface area (TPSA) is 37.3 Å². The Bertz CT molecular complexity index is 700. The smallest absolute Gasteiger partial charge is 0.336 e. The van der Waals surface area contributed by atoms with E-state index >= 15 is 0 Å². The van der Waals surface area contributed by atoms with Crippen LogP contribution in [0.25, 0.3) is 10.8 Å². The molecule has 0 atom stereocenters. The molecule has 2 rings (SSSR count). The second-order valence-electron chi connectivity index (χ2n) is 5.55. The third-order valence-electron chi connectivity index (χ3n) is 2.69. The lowest BCUT2D eigenvalue weighted by molar-refractivity contribution is 0.0699. The minimum atomic E-state index is -1.39. The third-order valence-corrected chi connectivity index (χ3v) is 3.57. The Balaban J connectivity index is 2.53.